The van der Waals surface area contributed by atoms with Crippen molar-refractivity contribution in [1.82, 2.24) is 4.31 Å². The number of aryl methyl sites for hydroxylation is 1. The molecule has 0 radical (unpaired) electrons. The predicted octanol–water partition coefficient (Wildman–Crippen LogP) is 3.72. The SMILES string of the molecule is Cc1ccc(NC(=O)C=Cc2ccc(Br)s2)cc1S(=O)(=O)N(C)C. The largest absolute Gasteiger partial charge is 0.322 e. The molecule has 1 amide bonds. The highest BCUT2D eigenvalue weighted by atomic mass is 79.9. The van der Waals surface area contributed by atoms with Crippen LogP contribution in [0.2, 0.25) is 0 Å². The van der Waals surface area contributed by atoms with E-state index in [2.05, 4.69) is 21.2 Å². The number of hydrogen-bond acceptors (Lipinski definition) is 4. The van der Waals surface area contributed by atoms with Crippen LogP contribution < -0.4 is 5.32 Å². The summed E-state index contributed by atoms with van der Waals surface area (Å²) in [5.74, 6) is -0.323. The molecule has 1 aromatic heterocycles. The van der Waals surface area contributed by atoms with Gasteiger partial charge in [-0.3, -0.25) is 4.79 Å². The van der Waals surface area contributed by atoms with Crippen molar-refractivity contribution >= 4 is 55.0 Å². The number of carbonyl (C=O) groups is 1. The fourth-order valence-electron chi connectivity index (χ4n) is 1.91. The van der Waals surface area contributed by atoms with Gasteiger partial charge in [-0.1, -0.05) is 6.07 Å². The molecule has 5 nitrogen and oxygen atoms in total. The normalized spacial score (nSPS) is 12.0. The second-order valence-electron chi connectivity index (χ2n) is 5.23. The Balaban J connectivity index is 2.18. The van der Waals surface area contributed by atoms with Crippen LogP contribution in [0.15, 0.2) is 45.1 Å². The zero-order chi connectivity index (χ0) is 17.9. The molecular weight excluding hydrogens is 412 g/mol. The van der Waals surface area contributed by atoms with Gasteiger partial charge in [-0.15, -0.1) is 11.3 Å². The summed E-state index contributed by atoms with van der Waals surface area (Å²) in [4.78, 5) is 13.1. The number of sulfonamides is 1. The van der Waals surface area contributed by atoms with Crippen molar-refractivity contribution in [2.45, 2.75) is 11.8 Å². The number of nitrogens with zero attached hydrogens (tertiary/aromatic N) is 1. The van der Waals surface area contributed by atoms with Crippen molar-refractivity contribution in [3.8, 4) is 0 Å². The molecule has 0 atom stereocenters. The molecule has 0 saturated carbocycles. The molecule has 0 saturated heterocycles. The first-order valence-electron chi connectivity index (χ1n) is 6.98. The summed E-state index contributed by atoms with van der Waals surface area (Å²) in [5.41, 5.74) is 1.06. The Hall–Kier alpha value is -1.48. The minimum atomic E-state index is -3.56. The van der Waals surface area contributed by atoms with Crippen LogP contribution in [0.5, 0.6) is 0 Å². The van der Waals surface area contributed by atoms with Gasteiger partial charge in [0, 0.05) is 30.7 Å². The molecule has 2 rings (SSSR count). The second kappa shape index (κ2) is 7.60. The fourth-order valence-corrected chi connectivity index (χ4v) is 4.38. The average molecular weight is 429 g/mol. The van der Waals surface area contributed by atoms with E-state index in [4.69, 9.17) is 0 Å². The number of nitrogens with one attached hydrogen (secondary N) is 1. The van der Waals surface area contributed by atoms with Crippen LogP contribution in [0.4, 0.5) is 5.69 Å². The summed E-state index contributed by atoms with van der Waals surface area (Å²) < 4.78 is 26.7. The highest BCUT2D eigenvalue weighted by Gasteiger charge is 2.20. The number of anilines is 1. The van der Waals surface area contributed by atoms with E-state index in [1.54, 1.807) is 25.1 Å². The fraction of sp³-hybridized carbons (Fsp3) is 0.188. The first kappa shape index (κ1) is 18.9. The summed E-state index contributed by atoms with van der Waals surface area (Å²) in [6, 6.07) is 8.62. The van der Waals surface area contributed by atoms with Gasteiger partial charge in [0.1, 0.15) is 0 Å². The minimum absolute atomic E-state index is 0.177. The zero-order valence-corrected chi connectivity index (χ0v) is 16.6. The molecule has 0 aliphatic carbocycles. The van der Waals surface area contributed by atoms with Crippen LogP contribution in [0.25, 0.3) is 6.08 Å². The number of rotatable bonds is 5. The molecular formula is C16H17BrN2O3S2. The Morgan fingerprint density at radius 2 is 1.96 bits per heavy atom. The van der Waals surface area contributed by atoms with Crippen LogP contribution in [-0.4, -0.2) is 32.7 Å². The van der Waals surface area contributed by atoms with Crippen LogP contribution in [-0.2, 0) is 14.8 Å². The van der Waals surface area contributed by atoms with E-state index in [1.807, 2.05) is 12.1 Å². The van der Waals surface area contributed by atoms with Crippen molar-refractivity contribution in [3.05, 3.63) is 50.6 Å². The molecule has 1 heterocycles. The molecule has 1 aromatic carbocycles. The molecule has 2 aromatic rings. The maximum atomic E-state index is 12.3. The van der Waals surface area contributed by atoms with Crippen molar-refractivity contribution in [2.24, 2.45) is 0 Å². The number of carbonyl (C=O) groups excluding carboxylic acids is 1. The van der Waals surface area contributed by atoms with Crippen molar-refractivity contribution in [1.29, 1.82) is 0 Å². The predicted molar refractivity (Wildman–Crippen MR) is 102 cm³/mol. The Morgan fingerprint density at radius 1 is 1.25 bits per heavy atom. The van der Waals surface area contributed by atoms with E-state index in [9.17, 15) is 13.2 Å². The van der Waals surface area contributed by atoms with E-state index in [0.717, 1.165) is 13.0 Å². The van der Waals surface area contributed by atoms with Gasteiger partial charge in [-0.2, -0.15) is 0 Å². The van der Waals surface area contributed by atoms with E-state index in [1.165, 1.54) is 37.6 Å². The third-order valence-corrected chi connectivity index (χ3v) is 6.75. The van der Waals surface area contributed by atoms with Crippen molar-refractivity contribution < 1.29 is 13.2 Å². The Morgan fingerprint density at radius 3 is 2.54 bits per heavy atom. The molecule has 1 N–H and O–H groups in total. The molecule has 0 bridgehead atoms. The Kier molecular flexibility index (Phi) is 5.97. The van der Waals surface area contributed by atoms with E-state index < -0.39 is 10.0 Å². The number of hydrogen-bond donors (Lipinski definition) is 1. The van der Waals surface area contributed by atoms with Crippen LogP contribution in [0, 0.1) is 6.92 Å². The lowest BCUT2D eigenvalue weighted by molar-refractivity contribution is -0.111. The van der Waals surface area contributed by atoms with Crippen molar-refractivity contribution in [3.63, 3.8) is 0 Å². The van der Waals surface area contributed by atoms with Gasteiger partial charge in [-0.05, 0) is 58.8 Å². The van der Waals surface area contributed by atoms with E-state index >= 15 is 0 Å². The van der Waals surface area contributed by atoms with Crippen LogP contribution >= 0.6 is 27.3 Å². The molecule has 0 spiro atoms. The summed E-state index contributed by atoms with van der Waals surface area (Å²) in [6.07, 6.45) is 3.12. The Labute approximate surface area is 154 Å². The van der Waals surface area contributed by atoms with Gasteiger partial charge in [-0.25, -0.2) is 12.7 Å². The molecule has 0 aliphatic heterocycles. The summed E-state index contributed by atoms with van der Waals surface area (Å²) in [6.45, 7) is 1.72. The van der Waals surface area contributed by atoms with Gasteiger partial charge in [0.15, 0.2) is 0 Å². The number of thiophene rings is 1. The first-order valence-corrected chi connectivity index (χ1v) is 10.0. The quantitative estimate of drug-likeness (QED) is 0.737. The zero-order valence-electron chi connectivity index (χ0n) is 13.4. The highest BCUT2D eigenvalue weighted by Crippen LogP contribution is 2.24. The van der Waals surface area contributed by atoms with Crippen LogP contribution in [0.3, 0.4) is 0 Å². The van der Waals surface area contributed by atoms with Gasteiger partial charge in [0.05, 0.1) is 8.68 Å². The highest BCUT2D eigenvalue weighted by molar-refractivity contribution is 9.11. The maximum absolute atomic E-state index is 12.3. The summed E-state index contributed by atoms with van der Waals surface area (Å²) in [7, 11) is -0.610. The van der Waals surface area contributed by atoms with Crippen LogP contribution in [0.1, 0.15) is 10.4 Å². The molecule has 8 heteroatoms. The van der Waals surface area contributed by atoms with Gasteiger partial charge in [0.2, 0.25) is 15.9 Å². The first-order chi connectivity index (χ1) is 11.2. The van der Waals surface area contributed by atoms with Gasteiger partial charge in [0.25, 0.3) is 0 Å². The van der Waals surface area contributed by atoms with Gasteiger partial charge >= 0.3 is 0 Å². The topological polar surface area (TPSA) is 66.5 Å². The maximum Gasteiger partial charge on any atom is 0.248 e. The molecule has 0 aliphatic rings. The standard InChI is InChI=1S/C16H17BrN2O3S2/c1-11-4-5-12(10-14(11)24(21,22)19(2)3)18-16(20)9-7-13-6-8-15(17)23-13/h4-10H,1-3H3,(H,18,20). The minimum Gasteiger partial charge on any atom is -0.322 e. The van der Waals surface area contributed by atoms with E-state index in [-0.39, 0.29) is 10.8 Å². The summed E-state index contributed by atoms with van der Waals surface area (Å²) in [5, 5.41) is 2.68. The summed E-state index contributed by atoms with van der Waals surface area (Å²) >= 11 is 4.87. The monoisotopic (exact) mass is 428 g/mol. The second-order valence-corrected chi connectivity index (χ2v) is 9.85. The average Bonchev–Trinajstić information content (AvgIpc) is 2.92. The van der Waals surface area contributed by atoms with Crippen molar-refractivity contribution in [2.75, 3.05) is 19.4 Å². The lowest BCUT2D eigenvalue weighted by Crippen LogP contribution is -2.23. The molecule has 0 fully saturated rings. The third kappa shape index (κ3) is 4.54. The molecule has 128 valence electrons. The number of benzene rings is 1. The number of amides is 1. The lowest BCUT2D eigenvalue weighted by Gasteiger charge is -2.14. The smallest absolute Gasteiger partial charge is 0.248 e. The Bertz CT molecular complexity index is 886. The molecule has 24 heavy (non-hydrogen) atoms. The number of halogens is 1. The third-order valence-electron chi connectivity index (χ3n) is 3.21. The van der Waals surface area contributed by atoms with E-state index in [0.29, 0.717) is 11.3 Å². The lowest BCUT2D eigenvalue weighted by atomic mass is 10.2. The molecule has 0 unspecified atom stereocenters. The van der Waals surface area contributed by atoms with Gasteiger partial charge < -0.3 is 5.32 Å².